The summed E-state index contributed by atoms with van der Waals surface area (Å²) < 4.78 is 0. The molecule has 2 atom stereocenters. The third kappa shape index (κ3) is 3.77. The largest absolute Gasteiger partial charge is 0.310 e. The number of aromatic nitrogens is 1. The second kappa shape index (κ2) is 6.67. The maximum atomic E-state index is 4.40. The lowest BCUT2D eigenvalue weighted by Crippen LogP contribution is -2.27. The predicted molar refractivity (Wildman–Crippen MR) is 82.1 cm³/mol. The highest BCUT2D eigenvalue weighted by Crippen LogP contribution is 2.16. The molecule has 0 aliphatic carbocycles. The Labute approximate surface area is 116 Å². The summed E-state index contributed by atoms with van der Waals surface area (Å²) in [4.78, 5) is 4.40. The number of rotatable bonds is 6. The molecule has 0 saturated carbocycles. The van der Waals surface area contributed by atoms with Gasteiger partial charge < -0.3 is 5.32 Å². The third-order valence-corrected chi connectivity index (χ3v) is 3.83. The van der Waals surface area contributed by atoms with Crippen molar-refractivity contribution in [1.29, 1.82) is 0 Å². The molecule has 19 heavy (non-hydrogen) atoms. The molecule has 1 heterocycles. The van der Waals surface area contributed by atoms with E-state index >= 15 is 0 Å². The van der Waals surface area contributed by atoms with Crippen molar-refractivity contribution >= 4 is 10.9 Å². The maximum Gasteiger partial charge on any atom is 0.0705 e. The van der Waals surface area contributed by atoms with Crippen LogP contribution in [0.2, 0.25) is 0 Å². The first-order valence-electron chi connectivity index (χ1n) is 7.26. The van der Waals surface area contributed by atoms with Crippen LogP contribution in [0.15, 0.2) is 36.5 Å². The van der Waals surface area contributed by atoms with Gasteiger partial charge in [-0.15, -0.1) is 0 Å². The monoisotopic (exact) mass is 256 g/mol. The molecule has 2 nitrogen and oxygen atoms in total. The lowest BCUT2D eigenvalue weighted by Gasteiger charge is -2.18. The second-order valence-corrected chi connectivity index (χ2v) is 5.52. The first-order chi connectivity index (χ1) is 9.20. The standard InChI is InChI=1S/C17H24N2/c1-4-13(2)11-14(3)19-12-15-9-10-18-17-8-6-5-7-16(15)17/h5-10,13-14,19H,4,11-12H2,1-3H3. The average molecular weight is 256 g/mol. The SMILES string of the molecule is CCC(C)CC(C)NCc1ccnc2ccccc12. The summed E-state index contributed by atoms with van der Waals surface area (Å²) in [5, 5.41) is 4.89. The van der Waals surface area contributed by atoms with Crippen LogP contribution >= 0.6 is 0 Å². The summed E-state index contributed by atoms with van der Waals surface area (Å²) in [7, 11) is 0. The topological polar surface area (TPSA) is 24.9 Å². The quantitative estimate of drug-likeness (QED) is 0.840. The van der Waals surface area contributed by atoms with Gasteiger partial charge in [-0.05, 0) is 37.0 Å². The van der Waals surface area contributed by atoms with Gasteiger partial charge in [-0.2, -0.15) is 0 Å². The van der Waals surface area contributed by atoms with Gasteiger partial charge in [0.05, 0.1) is 5.52 Å². The van der Waals surface area contributed by atoms with E-state index in [-0.39, 0.29) is 0 Å². The number of pyridine rings is 1. The highest BCUT2D eigenvalue weighted by atomic mass is 14.9. The van der Waals surface area contributed by atoms with Crippen LogP contribution in [0.3, 0.4) is 0 Å². The molecule has 0 fully saturated rings. The van der Waals surface area contributed by atoms with E-state index in [0.29, 0.717) is 6.04 Å². The minimum Gasteiger partial charge on any atom is -0.310 e. The molecule has 0 aliphatic rings. The average Bonchev–Trinajstić information content (AvgIpc) is 2.44. The van der Waals surface area contributed by atoms with Crippen molar-refractivity contribution in [3.05, 3.63) is 42.1 Å². The van der Waals surface area contributed by atoms with Crippen molar-refractivity contribution < 1.29 is 0 Å². The number of fused-ring (bicyclic) bond motifs is 1. The molecule has 2 unspecified atom stereocenters. The Hall–Kier alpha value is -1.41. The first-order valence-corrected chi connectivity index (χ1v) is 7.26. The van der Waals surface area contributed by atoms with Gasteiger partial charge in [0.1, 0.15) is 0 Å². The molecule has 2 heteroatoms. The van der Waals surface area contributed by atoms with Crippen LogP contribution in [0, 0.1) is 5.92 Å². The van der Waals surface area contributed by atoms with Gasteiger partial charge in [-0.1, -0.05) is 38.5 Å². The Bertz CT molecular complexity index is 516. The Morgan fingerprint density at radius 1 is 1.16 bits per heavy atom. The Morgan fingerprint density at radius 2 is 1.95 bits per heavy atom. The Morgan fingerprint density at radius 3 is 2.74 bits per heavy atom. The second-order valence-electron chi connectivity index (χ2n) is 5.52. The van der Waals surface area contributed by atoms with Crippen LogP contribution in [0.25, 0.3) is 10.9 Å². The van der Waals surface area contributed by atoms with Gasteiger partial charge in [0.2, 0.25) is 0 Å². The Kier molecular flexibility index (Phi) is 4.92. The fourth-order valence-electron chi connectivity index (χ4n) is 2.45. The fraction of sp³-hybridized carbons (Fsp3) is 0.471. The van der Waals surface area contributed by atoms with Gasteiger partial charge in [0.25, 0.3) is 0 Å². The summed E-state index contributed by atoms with van der Waals surface area (Å²) in [6.07, 6.45) is 4.39. The van der Waals surface area contributed by atoms with Gasteiger partial charge in [-0.25, -0.2) is 0 Å². The lowest BCUT2D eigenvalue weighted by atomic mass is 10.00. The molecular formula is C17H24N2. The van der Waals surface area contributed by atoms with E-state index in [4.69, 9.17) is 0 Å². The highest BCUT2D eigenvalue weighted by Gasteiger charge is 2.07. The zero-order valence-corrected chi connectivity index (χ0v) is 12.2. The van der Waals surface area contributed by atoms with Crippen LogP contribution in [-0.2, 0) is 6.54 Å². The number of hydrogen-bond donors (Lipinski definition) is 1. The minimum atomic E-state index is 0.557. The van der Waals surface area contributed by atoms with E-state index in [1.54, 1.807) is 0 Å². The molecule has 1 N–H and O–H groups in total. The van der Waals surface area contributed by atoms with E-state index in [9.17, 15) is 0 Å². The number of nitrogens with zero attached hydrogens (tertiary/aromatic N) is 1. The summed E-state index contributed by atoms with van der Waals surface area (Å²) in [5.41, 5.74) is 2.41. The van der Waals surface area contributed by atoms with Gasteiger partial charge in [0, 0.05) is 24.2 Å². The van der Waals surface area contributed by atoms with Crippen LogP contribution < -0.4 is 5.32 Å². The molecule has 1 aromatic carbocycles. The number of hydrogen-bond acceptors (Lipinski definition) is 2. The van der Waals surface area contributed by atoms with Crippen LogP contribution in [0.4, 0.5) is 0 Å². The van der Waals surface area contributed by atoms with Gasteiger partial charge in [-0.3, -0.25) is 4.98 Å². The molecule has 0 aliphatic heterocycles. The molecule has 0 spiro atoms. The summed E-state index contributed by atoms with van der Waals surface area (Å²) in [5.74, 6) is 0.789. The van der Waals surface area contributed by atoms with E-state index in [2.05, 4.69) is 55.3 Å². The van der Waals surface area contributed by atoms with Crippen LogP contribution in [0.5, 0.6) is 0 Å². The van der Waals surface area contributed by atoms with Crippen LogP contribution in [-0.4, -0.2) is 11.0 Å². The molecule has 0 radical (unpaired) electrons. The summed E-state index contributed by atoms with van der Waals surface area (Å²) >= 11 is 0. The lowest BCUT2D eigenvalue weighted by molar-refractivity contribution is 0.412. The van der Waals surface area contributed by atoms with Crippen molar-refractivity contribution in [2.24, 2.45) is 5.92 Å². The molecule has 0 bridgehead atoms. The fourth-order valence-corrected chi connectivity index (χ4v) is 2.45. The molecule has 2 rings (SSSR count). The molecule has 2 aromatic rings. The summed E-state index contributed by atoms with van der Waals surface area (Å²) in [6.45, 7) is 7.77. The van der Waals surface area contributed by atoms with Crippen molar-refractivity contribution in [2.75, 3.05) is 0 Å². The van der Waals surface area contributed by atoms with Crippen molar-refractivity contribution in [3.63, 3.8) is 0 Å². The minimum absolute atomic E-state index is 0.557. The zero-order valence-electron chi connectivity index (χ0n) is 12.2. The van der Waals surface area contributed by atoms with Crippen molar-refractivity contribution in [2.45, 2.75) is 46.2 Å². The molecule has 0 amide bonds. The smallest absolute Gasteiger partial charge is 0.0705 e. The maximum absolute atomic E-state index is 4.40. The predicted octanol–water partition coefficient (Wildman–Crippen LogP) is 4.15. The van der Waals surface area contributed by atoms with E-state index in [0.717, 1.165) is 18.0 Å². The van der Waals surface area contributed by atoms with E-state index in [1.165, 1.54) is 23.8 Å². The molecule has 102 valence electrons. The number of para-hydroxylation sites is 1. The number of nitrogens with one attached hydrogen (secondary N) is 1. The van der Waals surface area contributed by atoms with Crippen LogP contribution in [0.1, 0.15) is 39.2 Å². The van der Waals surface area contributed by atoms with E-state index < -0.39 is 0 Å². The van der Waals surface area contributed by atoms with Gasteiger partial charge in [0.15, 0.2) is 0 Å². The van der Waals surface area contributed by atoms with Crippen molar-refractivity contribution in [1.82, 2.24) is 10.3 Å². The third-order valence-electron chi connectivity index (χ3n) is 3.83. The normalized spacial score (nSPS) is 14.5. The highest BCUT2D eigenvalue weighted by molar-refractivity contribution is 5.81. The molecular weight excluding hydrogens is 232 g/mol. The zero-order chi connectivity index (χ0) is 13.7. The Balaban J connectivity index is 2.02. The number of benzene rings is 1. The van der Waals surface area contributed by atoms with E-state index in [1.807, 2.05) is 12.3 Å². The molecule has 0 saturated heterocycles. The van der Waals surface area contributed by atoms with Crippen molar-refractivity contribution in [3.8, 4) is 0 Å². The molecule has 1 aromatic heterocycles. The first kappa shape index (κ1) is 14.0. The summed E-state index contributed by atoms with van der Waals surface area (Å²) in [6, 6.07) is 11.0. The van der Waals surface area contributed by atoms with Gasteiger partial charge >= 0.3 is 0 Å².